The van der Waals surface area contributed by atoms with Crippen LogP contribution in [0, 0.1) is 0 Å². The monoisotopic (exact) mass is 399 g/mol. The molecular formula is C23H33N3O3. The molecule has 29 heavy (non-hydrogen) atoms. The van der Waals surface area contributed by atoms with Gasteiger partial charge < -0.3 is 14.5 Å². The first-order chi connectivity index (χ1) is 14.2. The maximum Gasteiger partial charge on any atom is 0.407 e. The first kappa shape index (κ1) is 21.3. The topological polar surface area (TPSA) is 79.5 Å². The molecule has 1 N–H and O–H groups in total. The van der Waals surface area contributed by atoms with E-state index in [0.717, 1.165) is 18.4 Å². The summed E-state index contributed by atoms with van der Waals surface area (Å²) in [5, 5.41) is 13.2. The predicted octanol–water partition coefficient (Wildman–Crippen LogP) is 5.89. The van der Waals surface area contributed by atoms with E-state index in [1.807, 2.05) is 12.1 Å². The molecule has 1 aliphatic rings. The molecule has 1 aliphatic heterocycles. The van der Waals surface area contributed by atoms with Gasteiger partial charge in [-0.3, -0.25) is 0 Å². The number of nitrogens with zero attached hydrogens (tertiary/aromatic N) is 3. The molecule has 1 fully saturated rings. The Kier molecular flexibility index (Phi) is 8.08. The summed E-state index contributed by atoms with van der Waals surface area (Å²) in [6, 6.07) is 8.36. The number of hydrogen-bond acceptors (Lipinski definition) is 4. The third kappa shape index (κ3) is 6.31. The van der Waals surface area contributed by atoms with Gasteiger partial charge in [0.25, 0.3) is 0 Å². The molecule has 0 spiro atoms. The fourth-order valence-electron chi connectivity index (χ4n) is 3.98. The molecule has 0 aliphatic carbocycles. The number of rotatable bonds is 11. The molecule has 0 saturated carbocycles. The van der Waals surface area contributed by atoms with Crippen LogP contribution in [0.2, 0.25) is 0 Å². The lowest BCUT2D eigenvalue weighted by molar-refractivity contribution is 0.154. The highest BCUT2D eigenvalue weighted by Crippen LogP contribution is 2.28. The lowest BCUT2D eigenvalue weighted by Gasteiger charge is -2.09. The molecule has 2 heterocycles. The molecular weight excluding hydrogens is 366 g/mol. The van der Waals surface area contributed by atoms with Crippen LogP contribution >= 0.6 is 0 Å². The maximum absolute atomic E-state index is 11.1. The highest BCUT2D eigenvalue weighted by atomic mass is 16.5. The van der Waals surface area contributed by atoms with E-state index in [0.29, 0.717) is 24.8 Å². The van der Waals surface area contributed by atoms with E-state index < -0.39 is 6.09 Å². The molecule has 1 atom stereocenters. The SMILES string of the molecule is CCCCCCCCCCc1cccc(-c2noc(C3CCN(C(=O)O)C3)n2)c1. The molecule has 1 aromatic carbocycles. The van der Waals surface area contributed by atoms with E-state index in [1.165, 1.54) is 61.8 Å². The van der Waals surface area contributed by atoms with Crippen molar-refractivity contribution >= 4 is 6.09 Å². The molecule has 0 radical (unpaired) electrons. The first-order valence-corrected chi connectivity index (χ1v) is 11.1. The number of hydrogen-bond donors (Lipinski definition) is 1. The Labute approximate surface area is 173 Å². The van der Waals surface area contributed by atoms with Gasteiger partial charge in [-0.25, -0.2) is 4.79 Å². The summed E-state index contributed by atoms with van der Waals surface area (Å²) in [6.07, 6.45) is 11.5. The van der Waals surface area contributed by atoms with E-state index in [9.17, 15) is 4.79 Å². The second-order valence-electron chi connectivity index (χ2n) is 8.10. The lowest BCUT2D eigenvalue weighted by atomic mass is 10.0. The van der Waals surface area contributed by atoms with E-state index in [1.54, 1.807) is 0 Å². The van der Waals surface area contributed by atoms with Crippen molar-refractivity contribution in [1.29, 1.82) is 0 Å². The molecule has 1 unspecified atom stereocenters. The zero-order chi connectivity index (χ0) is 20.5. The van der Waals surface area contributed by atoms with Crippen LogP contribution in [-0.4, -0.2) is 39.3 Å². The number of carboxylic acid groups (broad SMARTS) is 1. The number of amides is 1. The van der Waals surface area contributed by atoms with Gasteiger partial charge in [-0.2, -0.15) is 4.98 Å². The number of aromatic nitrogens is 2. The molecule has 0 bridgehead atoms. The van der Waals surface area contributed by atoms with Gasteiger partial charge in [0.2, 0.25) is 11.7 Å². The number of benzene rings is 1. The number of likely N-dealkylation sites (tertiary alicyclic amines) is 1. The summed E-state index contributed by atoms with van der Waals surface area (Å²) in [7, 11) is 0. The number of unbranched alkanes of at least 4 members (excludes halogenated alkanes) is 7. The van der Waals surface area contributed by atoms with Gasteiger partial charge in [0.15, 0.2) is 0 Å². The summed E-state index contributed by atoms with van der Waals surface area (Å²) < 4.78 is 5.44. The van der Waals surface area contributed by atoms with Crippen LogP contribution in [0.3, 0.4) is 0 Å². The van der Waals surface area contributed by atoms with Crippen molar-refractivity contribution in [2.75, 3.05) is 13.1 Å². The Hall–Kier alpha value is -2.37. The second kappa shape index (κ2) is 11.0. The van der Waals surface area contributed by atoms with Crippen molar-refractivity contribution in [2.45, 2.75) is 77.0 Å². The maximum atomic E-state index is 11.1. The Morgan fingerprint density at radius 1 is 1.17 bits per heavy atom. The summed E-state index contributed by atoms with van der Waals surface area (Å²) in [5.74, 6) is 1.12. The fraction of sp³-hybridized carbons (Fsp3) is 0.609. The summed E-state index contributed by atoms with van der Waals surface area (Å²) in [6.45, 7) is 3.20. The van der Waals surface area contributed by atoms with Crippen LogP contribution in [-0.2, 0) is 6.42 Å². The minimum Gasteiger partial charge on any atom is -0.465 e. The smallest absolute Gasteiger partial charge is 0.407 e. The fourth-order valence-corrected chi connectivity index (χ4v) is 3.98. The zero-order valence-corrected chi connectivity index (χ0v) is 17.5. The summed E-state index contributed by atoms with van der Waals surface area (Å²) >= 11 is 0. The van der Waals surface area contributed by atoms with Crippen LogP contribution in [0.4, 0.5) is 4.79 Å². The predicted molar refractivity (Wildman–Crippen MR) is 113 cm³/mol. The largest absolute Gasteiger partial charge is 0.465 e. The Morgan fingerprint density at radius 3 is 2.66 bits per heavy atom. The van der Waals surface area contributed by atoms with E-state index in [-0.39, 0.29) is 5.92 Å². The third-order valence-corrected chi connectivity index (χ3v) is 5.75. The quantitative estimate of drug-likeness (QED) is 0.477. The van der Waals surface area contributed by atoms with Gasteiger partial charge >= 0.3 is 6.09 Å². The van der Waals surface area contributed by atoms with Gasteiger partial charge in [-0.1, -0.05) is 75.2 Å². The molecule has 2 aromatic rings. The highest BCUT2D eigenvalue weighted by molar-refractivity contribution is 5.65. The van der Waals surface area contributed by atoms with Crippen molar-refractivity contribution in [3.63, 3.8) is 0 Å². The van der Waals surface area contributed by atoms with Crippen molar-refractivity contribution in [2.24, 2.45) is 0 Å². The zero-order valence-electron chi connectivity index (χ0n) is 17.5. The molecule has 1 saturated heterocycles. The van der Waals surface area contributed by atoms with Crippen LogP contribution in [0.1, 0.15) is 82.1 Å². The van der Waals surface area contributed by atoms with Crippen LogP contribution in [0.5, 0.6) is 0 Å². The minimum atomic E-state index is -0.888. The minimum absolute atomic E-state index is 0.00661. The molecule has 6 nitrogen and oxygen atoms in total. The van der Waals surface area contributed by atoms with Gasteiger partial charge in [0, 0.05) is 18.7 Å². The standard InChI is InChI=1S/C23H33N3O3/c1-2-3-4-5-6-7-8-9-11-18-12-10-13-19(16-18)21-24-22(29-25-21)20-14-15-26(17-20)23(27)28/h10,12-13,16,20H,2-9,11,14-15,17H2,1H3,(H,27,28). The van der Waals surface area contributed by atoms with Crippen LogP contribution in [0.25, 0.3) is 11.4 Å². The van der Waals surface area contributed by atoms with E-state index in [4.69, 9.17) is 9.63 Å². The lowest BCUT2D eigenvalue weighted by Crippen LogP contribution is -2.26. The normalized spacial score (nSPS) is 16.4. The highest BCUT2D eigenvalue weighted by Gasteiger charge is 2.31. The molecule has 158 valence electrons. The van der Waals surface area contributed by atoms with Gasteiger partial charge in [0.1, 0.15) is 0 Å². The van der Waals surface area contributed by atoms with Gasteiger partial charge in [-0.15, -0.1) is 0 Å². The van der Waals surface area contributed by atoms with E-state index in [2.05, 4.69) is 29.2 Å². The number of carbonyl (C=O) groups is 1. The molecule has 3 rings (SSSR count). The first-order valence-electron chi connectivity index (χ1n) is 11.1. The Morgan fingerprint density at radius 2 is 1.93 bits per heavy atom. The molecule has 6 heteroatoms. The van der Waals surface area contributed by atoms with Crippen molar-refractivity contribution in [3.05, 3.63) is 35.7 Å². The summed E-state index contributed by atoms with van der Waals surface area (Å²) in [4.78, 5) is 17.0. The Bertz CT molecular complexity index is 774. The third-order valence-electron chi connectivity index (χ3n) is 5.75. The molecule has 1 aromatic heterocycles. The number of aryl methyl sites for hydroxylation is 1. The van der Waals surface area contributed by atoms with Crippen molar-refractivity contribution in [3.8, 4) is 11.4 Å². The van der Waals surface area contributed by atoms with Gasteiger partial charge in [0.05, 0.1) is 5.92 Å². The molecule has 1 amide bonds. The Balaban J connectivity index is 1.47. The van der Waals surface area contributed by atoms with Gasteiger partial charge in [-0.05, 0) is 30.9 Å². The van der Waals surface area contributed by atoms with Crippen molar-refractivity contribution < 1.29 is 14.4 Å². The van der Waals surface area contributed by atoms with Crippen molar-refractivity contribution in [1.82, 2.24) is 15.0 Å². The van der Waals surface area contributed by atoms with E-state index >= 15 is 0 Å². The second-order valence-corrected chi connectivity index (χ2v) is 8.10. The van der Waals surface area contributed by atoms with Crippen LogP contribution in [0.15, 0.2) is 28.8 Å². The average molecular weight is 400 g/mol. The van der Waals surface area contributed by atoms with Crippen LogP contribution < -0.4 is 0 Å². The summed E-state index contributed by atoms with van der Waals surface area (Å²) in [5.41, 5.74) is 2.27. The average Bonchev–Trinajstić information content (AvgIpc) is 3.40.